The van der Waals surface area contributed by atoms with E-state index < -0.39 is 0 Å². The van der Waals surface area contributed by atoms with Crippen LogP contribution in [0.25, 0.3) is 11.4 Å². The van der Waals surface area contributed by atoms with E-state index in [-0.39, 0.29) is 12.6 Å². The highest BCUT2D eigenvalue weighted by molar-refractivity contribution is 5.73. The van der Waals surface area contributed by atoms with Gasteiger partial charge in [-0.05, 0) is 6.92 Å². The van der Waals surface area contributed by atoms with Gasteiger partial charge < -0.3 is 14.7 Å². The Kier molecular flexibility index (Phi) is 4.12. The van der Waals surface area contributed by atoms with Gasteiger partial charge in [-0.15, -0.1) is 0 Å². The van der Waals surface area contributed by atoms with Gasteiger partial charge >= 0.3 is 6.03 Å². The van der Waals surface area contributed by atoms with E-state index in [1.807, 2.05) is 37.3 Å². The number of carbonyl (C=O) groups excluding carboxylic acids is 1. The van der Waals surface area contributed by atoms with E-state index in [0.717, 1.165) is 5.56 Å². The molecule has 1 aromatic heterocycles. The van der Waals surface area contributed by atoms with Crippen molar-refractivity contribution in [1.82, 2.24) is 20.4 Å². The molecule has 0 unspecified atom stereocenters. The van der Waals surface area contributed by atoms with Gasteiger partial charge in [0.15, 0.2) is 0 Å². The Hall–Kier alpha value is -2.37. The molecular formula is C13H16N4O2. The van der Waals surface area contributed by atoms with E-state index in [1.165, 1.54) is 4.90 Å². The molecule has 0 saturated heterocycles. The van der Waals surface area contributed by atoms with Crippen LogP contribution < -0.4 is 5.32 Å². The first-order valence-electron chi connectivity index (χ1n) is 6.07. The third-order valence-corrected chi connectivity index (χ3v) is 2.55. The van der Waals surface area contributed by atoms with E-state index in [4.69, 9.17) is 4.52 Å². The van der Waals surface area contributed by atoms with Gasteiger partial charge in [-0.2, -0.15) is 4.98 Å². The lowest BCUT2D eigenvalue weighted by Gasteiger charge is -2.14. The number of benzene rings is 1. The summed E-state index contributed by atoms with van der Waals surface area (Å²) < 4.78 is 5.14. The minimum Gasteiger partial charge on any atom is -0.338 e. The average Bonchev–Trinajstić information content (AvgIpc) is 2.88. The second kappa shape index (κ2) is 5.99. The van der Waals surface area contributed by atoms with Crippen molar-refractivity contribution in [1.29, 1.82) is 0 Å². The lowest BCUT2D eigenvalue weighted by Crippen LogP contribution is -2.36. The van der Waals surface area contributed by atoms with E-state index in [1.54, 1.807) is 7.05 Å². The van der Waals surface area contributed by atoms with Gasteiger partial charge in [-0.3, -0.25) is 0 Å². The van der Waals surface area contributed by atoms with Crippen LogP contribution in [0.3, 0.4) is 0 Å². The number of amides is 2. The number of nitrogens with one attached hydrogen (secondary N) is 1. The predicted molar refractivity (Wildman–Crippen MR) is 70.3 cm³/mol. The van der Waals surface area contributed by atoms with Crippen LogP contribution in [0.1, 0.15) is 12.8 Å². The van der Waals surface area contributed by atoms with Gasteiger partial charge in [0.1, 0.15) is 6.54 Å². The SMILES string of the molecule is CCNC(=O)N(C)Cc1nc(-c2ccccc2)no1. The normalized spacial score (nSPS) is 10.2. The van der Waals surface area contributed by atoms with Crippen molar-refractivity contribution in [3.05, 3.63) is 36.2 Å². The predicted octanol–water partition coefficient (Wildman–Crippen LogP) is 1.90. The first kappa shape index (κ1) is 13.1. The summed E-state index contributed by atoms with van der Waals surface area (Å²) in [6, 6.07) is 9.39. The molecule has 0 aliphatic rings. The zero-order valence-electron chi connectivity index (χ0n) is 11.0. The molecule has 100 valence electrons. The number of nitrogens with zero attached hydrogens (tertiary/aromatic N) is 3. The average molecular weight is 260 g/mol. The Labute approximate surface area is 111 Å². The van der Waals surface area contributed by atoms with Gasteiger partial charge in [0.2, 0.25) is 11.7 Å². The molecule has 2 rings (SSSR count). The molecule has 0 spiro atoms. The highest BCUT2D eigenvalue weighted by atomic mass is 16.5. The molecule has 1 N–H and O–H groups in total. The monoisotopic (exact) mass is 260 g/mol. The van der Waals surface area contributed by atoms with Crippen molar-refractivity contribution < 1.29 is 9.32 Å². The molecule has 1 heterocycles. The number of aromatic nitrogens is 2. The third-order valence-electron chi connectivity index (χ3n) is 2.55. The highest BCUT2D eigenvalue weighted by Crippen LogP contribution is 2.15. The largest absolute Gasteiger partial charge is 0.338 e. The van der Waals surface area contributed by atoms with Gasteiger partial charge in [-0.25, -0.2) is 4.79 Å². The Balaban J connectivity index is 2.04. The number of hydrogen-bond donors (Lipinski definition) is 1. The summed E-state index contributed by atoms with van der Waals surface area (Å²) >= 11 is 0. The quantitative estimate of drug-likeness (QED) is 0.911. The van der Waals surface area contributed by atoms with Crippen LogP contribution in [0, 0.1) is 0 Å². The molecule has 0 aliphatic heterocycles. The Bertz CT molecular complexity index is 539. The summed E-state index contributed by atoms with van der Waals surface area (Å²) in [5.74, 6) is 0.938. The molecule has 6 heteroatoms. The molecule has 0 atom stereocenters. The fourth-order valence-electron chi connectivity index (χ4n) is 1.58. The van der Waals surface area contributed by atoms with E-state index in [2.05, 4.69) is 15.5 Å². The molecule has 0 aliphatic carbocycles. The summed E-state index contributed by atoms with van der Waals surface area (Å²) in [5, 5.41) is 6.60. The van der Waals surface area contributed by atoms with Crippen molar-refractivity contribution in [2.24, 2.45) is 0 Å². The van der Waals surface area contributed by atoms with Gasteiger partial charge in [0.05, 0.1) is 0 Å². The summed E-state index contributed by atoms with van der Waals surface area (Å²) in [4.78, 5) is 17.3. The summed E-state index contributed by atoms with van der Waals surface area (Å²) in [6.07, 6.45) is 0. The van der Waals surface area contributed by atoms with Gasteiger partial charge in [0.25, 0.3) is 0 Å². The van der Waals surface area contributed by atoms with Crippen LogP contribution in [0.2, 0.25) is 0 Å². The molecule has 0 radical (unpaired) electrons. The number of hydrogen-bond acceptors (Lipinski definition) is 4. The van der Waals surface area contributed by atoms with Crippen molar-refractivity contribution in [2.75, 3.05) is 13.6 Å². The van der Waals surface area contributed by atoms with E-state index in [9.17, 15) is 4.79 Å². The van der Waals surface area contributed by atoms with Gasteiger partial charge in [0, 0.05) is 19.2 Å². The molecule has 19 heavy (non-hydrogen) atoms. The summed E-state index contributed by atoms with van der Waals surface area (Å²) in [7, 11) is 1.68. The van der Waals surface area contributed by atoms with Crippen LogP contribution in [0.4, 0.5) is 4.79 Å². The molecule has 1 aromatic carbocycles. The Morgan fingerprint density at radius 3 is 2.79 bits per heavy atom. The van der Waals surface area contributed by atoms with Crippen LogP contribution in [0.5, 0.6) is 0 Å². The summed E-state index contributed by atoms with van der Waals surface area (Å²) in [5.41, 5.74) is 0.887. The lowest BCUT2D eigenvalue weighted by molar-refractivity contribution is 0.200. The van der Waals surface area contributed by atoms with Crippen LogP contribution >= 0.6 is 0 Å². The van der Waals surface area contributed by atoms with Gasteiger partial charge in [-0.1, -0.05) is 35.5 Å². The molecule has 6 nitrogen and oxygen atoms in total. The van der Waals surface area contributed by atoms with Crippen molar-refractivity contribution >= 4 is 6.03 Å². The zero-order valence-corrected chi connectivity index (χ0v) is 11.0. The smallest absolute Gasteiger partial charge is 0.317 e. The van der Waals surface area contributed by atoms with Crippen LogP contribution in [0.15, 0.2) is 34.9 Å². The van der Waals surface area contributed by atoms with E-state index in [0.29, 0.717) is 18.3 Å². The molecule has 0 fully saturated rings. The minimum absolute atomic E-state index is 0.165. The zero-order chi connectivity index (χ0) is 13.7. The lowest BCUT2D eigenvalue weighted by atomic mass is 10.2. The molecule has 0 saturated carbocycles. The number of carbonyl (C=O) groups is 1. The topological polar surface area (TPSA) is 71.3 Å². The van der Waals surface area contributed by atoms with Crippen LogP contribution in [-0.2, 0) is 6.54 Å². The van der Waals surface area contributed by atoms with E-state index >= 15 is 0 Å². The first-order chi connectivity index (χ1) is 9.20. The maximum absolute atomic E-state index is 11.5. The molecule has 2 amide bonds. The second-order valence-electron chi connectivity index (χ2n) is 4.07. The highest BCUT2D eigenvalue weighted by Gasteiger charge is 2.13. The Morgan fingerprint density at radius 1 is 1.37 bits per heavy atom. The van der Waals surface area contributed by atoms with Crippen molar-refractivity contribution in [2.45, 2.75) is 13.5 Å². The molecular weight excluding hydrogens is 244 g/mol. The van der Waals surface area contributed by atoms with Crippen LogP contribution in [-0.4, -0.2) is 34.7 Å². The fraction of sp³-hybridized carbons (Fsp3) is 0.308. The third kappa shape index (κ3) is 3.31. The number of urea groups is 1. The summed E-state index contributed by atoms with van der Waals surface area (Å²) in [6.45, 7) is 2.74. The second-order valence-corrected chi connectivity index (χ2v) is 4.07. The number of rotatable bonds is 4. The Morgan fingerprint density at radius 2 is 2.11 bits per heavy atom. The molecule has 2 aromatic rings. The maximum atomic E-state index is 11.5. The fourth-order valence-corrected chi connectivity index (χ4v) is 1.58. The van der Waals surface area contributed by atoms with Crippen molar-refractivity contribution in [3.63, 3.8) is 0 Å². The minimum atomic E-state index is -0.165. The maximum Gasteiger partial charge on any atom is 0.317 e. The van der Waals surface area contributed by atoms with Crippen molar-refractivity contribution in [3.8, 4) is 11.4 Å². The molecule has 0 bridgehead atoms. The standard InChI is InChI=1S/C13H16N4O2/c1-3-14-13(18)17(2)9-11-15-12(16-19-11)10-7-5-4-6-8-10/h4-8H,3,9H2,1-2H3,(H,14,18). The first-order valence-corrected chi connectivity index (χ1v) is 6.07.